The number of hydrogen-bond acceptors (Lipinski definition) is 1. The molecular formula is C4HF10NO2S. The fourth-order valence-electron chi connectivity index (χ4n) is 0.603. The van der Waals surface area contributed by atoms with Gasteiger partial charge in [-0.25, -0.2) is 4.21 Å². The molecule has 0 aliphatic heterocycles. The molecule has 0 aromatic carbocycles. The maximum atomic E-state index is 12.3. The van der Waals surface area contributed by atoms with Gasteiger partial charge in [0.25, 0.3) is 0 Å². The molecule has 0 amide bonds. The fourth-order valence-corrected chi connectivity index (χ4v) is 1.20. The lowest BCUT2D eigenvalue weighted by molar-refractivity contribution is -0.406. The van der Waals surface area contributed by atoms with Gasteiger partial charge in [-0.1, -0.05) is 4.31 Å². The van der Waals surface area contributed by atoms with E-state index in [2.05, 4.69) is 0 Å². The van der Waals surface area contributed by atoms with Crippen molar-refractivity contribution in [2.24, 2.45) is 0 Å². The van der Waals surface area contributed by atoms with Gasteiger partial charge in [-0.3, -0.25) is 4.55 Å². The zero-order valence-electron chi connectivity index (χ0n) is 7.49. The van der Waals surface area contributed by atoms with Gasteiger partial charge in [-0.2, -0.15) is 43.9 Å². The lowest BCUT2D eigenvalue weighted by atomic mass is 10.4. The molecule has 0 heterocycles. The molecule has 110 valence electrons. The van der Waals surface area contributed by atoms with E-state index < -0.39 is 40.0 Å². The Morgan fingerprint density at radius 3 is 1.06 bits per heavy atom. The van der Waals surface area contributed by atoms with Crippen LogP contribution in [0.3, 0.4) is 0 Å². The Morgan fingerprint density at radius 2 is 0.944 bits per heavy atom. The zero-order chi connectivity index (χ0) is 15.2. The van der Waals surface area contributed by atoms with E-state index in [1.54, 1.807) is 0 Å². The summed E-state index contributed by atoms with van der Waals surface area (Å²) in [5, 5.41) is 0. The third-order valence-electron chi connectivity index (χ3n) is 1.35. The smallest absolute Gasteiger partial charge is 0.293 e. The van der Waals surface area contributed by atoms with Crippen molar-refractivity contribution in [1.29, 1.82) is 0 Å². The monoisotopic (exact) mass is 317 g/mol. The van der Waals surface area contributed by atoms with Crippen LogP contribution in [0.5, 0.6) is 0 Å². The predicted molar refractivity (Wildman–Crippen MR) is 34.6 cm³/mol. The number of nitrogens with zero attached hydrogens (tertiary/aromatic N) is 1. The molecule has 0 rings (SSSR count). The van der Waals surface area contributed by atoms with Crippen molar-refractivity contribution in [3.05, 3.63) is 0 Å². The quantitative estimate of drug-likeness (QED) is 0.494. The molecule has 0 fully saturated rings. The van der Waals surface area contributed by atoms with Crippen LogP contribution in [0, 0.1) is 0 Å². The van der Waals surface area contributed by atoms with Crippen molar-refractivity contribution in [3.63, 3.8) is 0 Å². The molecule has 18 heavy (non-hydrogen) atoms. The lowest BCUT2D eigenvalue weighted by Gasteiger charge is -2.34. The van der Waals surface area contributed by atoms with E-state index >= 15 is 0 Å². The van der Waals surface area contributed by atoms with Crippen LogP contribution in [0.2, 0.25) is 0 Å². The molecule has 1 unspecified atom stereocenters. The van der Waals surface area contributed by atoms with Gasteiger partial charge in [0.2, 0.25) is 11.3 Å². The highest BCUT2D eigenvalue weighted by Crippen LogP contribution is 2.48. The second-order valence-electron chi connectivity index (χ2n) is 2.60. The minimum absolute atomic E-state index is 3.18. The van der Waals surface area contributed by atoms with Gasteiger partial charge in [0, 0.05) is 0 Å². The van der Waals surface area contributed by atoms with E-state index in [4.69, 9.17) is 4.55 Å². The summed E-state index contributed by atoms with van der Waals surface area (Å²) in [4.78, 5) is 0. The van der Waals surface area contributed by atoms with E-state index in [0.717, 1.165) is 0 Å². The molecular weight excluding hydrogens is 316 g/mol. The second kappa shape index (κ2) is 4.48. The minimum atomic E-state index is -6.92. The van der Waals surface area contributed by atoms with E-state index in [-0.39, 0.29) is 0 Å². The highest BCUT2D eigenvalue weighted by atomic mass is 32.2. The molecule has 0 aliphatic rings. The lowest BCUT2D eigenvalue weighted by Crippen LogP contribution is -2.64. The van der Waals surface area contributed by atoms with Gasteiger partial charge in [-0.05, 0) is 0 Å². The number of alkyl halides is 10. The molecule has 0 saturated heterocycles. The molecule has 0 aliphatic carbocycles. The van der Waals surface area contributed by atoms with Gasteiger partial charge < -0.3 is 0 Å². The van der Waals surface area contributed by atoms with Crippen LogP contribution < -0.4 is 0 Å². The first-order valence-electron chi connectivity index (χ1n) is 3.37. The summed E-state index contributed by atoms with van der Waals surface area (Å²) >= 11 is -4.94. The summed E-state index contributed by atoms with van der Waals surface area (Å²) in [7, 11) is 0. The topological polar surface area (TPSA) is 40.5 Å². The largest absolute Gasteiger partial charge is 0.470 e. The van der Waals surface area contributed by atoms with Gasteiger partial charge >= 0.3 is 24.4 Å². The molecule has 0 radical (unpaired) electrons. The molecule has 14 heteroatoms. The first-order chi connectivity index (χ1) is 7.57. The Hall–Kier alpha value is -0.630. The Bertz CT molecular complexity index is 308. The summed E-state index contributed by atoms with van der Waals surface area (Å²) in [6, 6.07) is -13.7. The van der Waals surface area contributed by atoms with Crippen molar-refractivity contribution in [1.82, 2.24) is 4.31 Å². The van der Waals surface area contributed by atoms with Crippen LogP contribution in [0.1, 0.15) is 0 Å². The van der Waals surface area contributed by atoms with Crippen molar-refractivity contribution in [2.75, 3.05) is 0 Å². The minimum Gasteiger partial charge on any atom is -0.293 e. The van der Waals surface area contributed by atoms with Crippen molar-refractivity contribution in [3.8, 4) is 0 Å². The summed E-state index contributed by atoms with van der Waals surface area (Å²) < 4.78 is 134. The summed E-state index contributed by atoms with van der Waals surface area (Å²) in [6.45, 7) is 0. The number of hydrogen-bond donors (Lipinski definition) is 1. The Labute approximate surface area is 93.8 Å². The van der Waals surface area contributed by atoms with E-state index in [1.165, 1.54) is 0 Å². The molecule has 0 aromatic heterocycles. The fraction of sp³-hybridized carbons (Fsp3) is 1.00. The van der Waals surface area contributed by atoms with Crippen LogP contribution in [0.4, 0.5) is 43.9 Å². The Kier molecular flexibility index (Phi) is 4.33. The maximum Gasteiger partial charge on any atom is 0.470 e. The molecule has 1 N–H and O–H groups in total. The van der Waals surface area contributed by atoms with Crippen molar-refractivity contribution < 1.29 is 52.7 Å². The van der Waals surface area contributed by atoms with Crippen LogP contribution in [-0.2, 0) is 11.3 Å². The predicted octanol–water partition coefficient (Wildman–Crippen LogP) is 2.74. The average molecular weight is 317 g/mol. The van der Waals surface area contributed by atoms with E-state index in [1.807, 2.05) is 0 Å². The van der Waals surface area contributed by atoms with Gasteiger partial charge in [0.05, 0.1) is 0 Å². The standard InChI is InChI=1S/C4HF10NO2S/c5-1(6,7)3(11,12)15(18(16)17)4(13,14)2(8,9)10/h(H,16,17). The third kappa shape index (κ3) is 2.85. The summed E-state index contributed by atoms with van der Waals surface area (Å²) in [6.07, 6.45) is -13.8. The SMILES string of the molecule is O=S(O)N(C(F)(F)C(F)(F)F)C(F)(F)C(F)(F)F. The van der Waals surface area contributed by atoms with E-state index in [0.29, 0.717) is 0 Å². The van der Waals surface area contributed by atoms with Crippen molar-refractivity contribution in [2.45, 2.75) is 24.4 Å². The maximum absolute atomic E-state index is 12.3. The average Bonchev–Trinajstić information content (AvgIpc) is 1.96. The van der Waals surface area contributed by atoms with Crippen LogP contribution in [0.15, 0.2) is 0 Å². The summed E-state index contributed by atoms with van der Waals surface area (Å²) in [5.41, 5.74) is 0. The van der Waals surface area contributed by atoms with Crippen LogP contribution in [0.25, 0.3) is 0 Å². The normalized spacial score (nSPS) is 17.1. The highest BCUT2D eigenvalue weighted by molar-refractivity contribution is 7.76. The molecule has 3 nitrogen and oxygen atoms in total. The van der Waals surface area contributed by atoms with Gasteiger partial charge in [0.1, 0.15) is 0 Å². The number of rotatable bonds is 3. The van der Waals surface area contributed by atoms with Crippen LogP contribution >= 0.6 is 0 Å². The third-order valence-corrected chi connectivity index (χ3v) is 2.12. The van der Waals surface area contributed by atoms with Crippen LogP contribution in [-0.4, -0.2) is 37.5 Å². The molecule has 0 bridgehead atoms. The van der Waals surface area contributed by atoms with E-state index in [9.17, 15) is 48.1 Å². The first-order valence-corrected chi connectivity index (χ1v) is 4.43. The molecule has 0 saturated carbocycles. The van der Waals surface area contributed by atoms with Gasteiger partial charge in [0.15, 0.2) is 0 Å². The Balaban J connectivity index is 5.85. The zero-order valence-corrected chi connectivity index (χ0v) is 8.31. The van der Waals surface area contributed by atoms with Gasteiger partial charge in [-0.15, -0.1) is 0 Å². The number of halogens is 10. The highest BCUT2D eigenvalue weighted by Gasteiger charge is 2.77. The Morgan fingerprint density at radius 1 is 0.722 bits per heavy atom. The molecule has 1 atom stereocenters. The van der Waals surface area contributed by atoms with Crippen molar-refractivity contribution >= 4 is 11.3 Å². The second-order valence-corrected chi connectivity index (χ2v) is 3.43. The first kappa shape index (κ1) is 17.4. The molecule has 0 spiro atoms. The molecule has 0 aromatic rings. The summed E-state index contributed by atoms with van der Waals surface area (Å²) in [5.74, 6) is 0.